The van der Waals surface area contributed by atoms with Gasteiger partial charge in [-0.05, 0) is 69.9 Å². The van der Waals surface area contributed by atoms with Crippen molar-refractivity contribution in [1.29, 1.82) is 0 Å². The number of nitrogens with zero attached hydrogens (tertiary/aromatic N) is 1. The number of nitrogens with one attached hydrogen (secondary N) is 1. The van der Waals surface area contributed by atoms with Gasteiger partial charge in [-0.1, -0.05) is 13.8 Å². The van der Waals surface area contributed by atoms with Crippen LogP contribution in [0.1, 0.15) is 58.8 Å². The maximum Gasteiger partial charge on any atom is 0.0119 e. The summed E-state index contributed by atoms with van der Waals surface area (Å²) in [6, 6.07) is 2.62. The van der Waals surface area contributed by atoms with Crippen LogP contribution in [0.3, 0.4) is 0 Å². The summed E-state index contributed by atoms with van der Waals surface area (Å²) in [5.74, 6) is 1.86. The third-order valence-corrected chi connectivity index (χ3v) is 5.58. The van der Waals surface area contributed by atoms with E-state index in [1.807, 2.05) is 0 Å². The van der Waals surface area contributed by atoms with E-state index in [0.29, 0.717) is 0 Å². The second kappa shape index (κ2) is 5.50. The SMILES string of the molecule is CC(C)C1CCCN1CCC1CC2CCC(C1)N2. The first-order valence-electron chi connectivity index (χ1n) is 8.22. The minimum absolute atomic E-state index is 0.844. The molecule has 0 radical (unpaired) electrons. The predicted octanol–water partition coefficient (Wildman–Crippen LogP) is 3.03. The van der Waals surface area contributed by atoms with Crippen LogP contribution in [0.4, 0.5) is 0 Å². The van der Waals surface area contributed by atoms with Crippen molar-refractivity contribution >= 4 is 0 Å². The van der Waals surface area contributed by atoms with E-state index < -0.39 is 0 Å². The summed E-state index contributed by atoms with van der Waals surface area (Å²) in [6.07, 6.45) is 10.1. The zero-order valence-electron chi connectivity index (χ0n) is 12.2. The van der Waals surface area contributed by atoms with Gasteiger partial charge in [0.2, 0.25) is 0 Å². The van der Waals surface area contributed by atoms with Crippen LogP contribution in [0.15, 0.2) is 0 Å². The maximum absolute atomic E-state index is 3.76. The van der Waals surface area contributed by atoms with Gasteiger partial charge >= 0.3 is 0 Å². The van der Waals surface area contributed by atoms with Crippen molar-refractivity contribution in [1.82, 2.24) is 10.2 Å². The Hall–Kier alpha value is -0.0800. The second-order valence-electron chi connectivity index (χ2n) is 7.25. The molecule has 0 saturated carbocycles. The highest BCUT2D eigenvalue weighted by Gasteiger charge is 2.34. The van der Waals surface area contributed by atoms with Gasteiger partial charge in [-0.2, -0.15) is 0 Å². The summed E-state index contributed by atoms with van der Waals surface area (Å²) in [6.45, 7) is 7.52. The zero-order valence-corrected chi connectivity index (χ0v) is 12.2. The Kier molecular flexibility index (Phi) is 3.95. The van der Waals surface area contributed by atoms with Gasteiger partial charge in [-0.3, -0.25) is 0 Å². The average Bonchev–Trinajstić information content (AvgIpc) is 2.93. The van der Waals surface area contributed by atoms with Crippen molar-refractivity contribution < 1.29 is 0 Å². The second-order valence-corrected chi connectivity index (χ2v) is 7.25. The van der Waals surface area contributed by atoms with Crippen molar-refractivity contribution in [3.05, 3.63) is 0 Å². The molecule has 2 heteroatoms. The minimum Gasteiger partial charge on any atom is -0.311 e. The summed E-state index contributed by atoms with van der Waals surface area (Å²) in [7, 11) is 0. The van der Waals surface area contributed by atoms with E-state index in [4.69, 9.17) is 0 Å². The standard InChI is InChI=1S/C16H30N2/c1-12(2)16-4-3-8-18(16)9-7-13-10-14-5-6-15(11-13)17-14/h12-17H,3-11H2,1-2H3. The largest absolute Gasteiger partial charge is 0.311 e. The third kappa shape index (κ3) is 2.75. The van der Waals surface area contributed by atoms with E-state index in [2.05, 4.69) is 24.1 Å². The van der Waals surface area contributed by atoms with E-state index in [1.165, 1.54) is 58.0 Å². The molecule has 3 heterocycles. The van der Waals surface area contributed by atoms with Crippen molar-refractivity contribution in [3.8, 4) is 0 Å². The molecule has 0 aromatic rings. The lowest BCUT2D eigenvalue weighted by molar-refractivity contribution is 0.178. The van der Waals surface area contributed by atoms with E-state index >= 15 is 0 Å². The highest BCUT2D eigenvalue weighted by atomic mass is 15.2. The number of rotatable bonds is 4. The van der Waals surface area contributed by atoms with Crippen LogP contribution in [-0.2, 0) is 0 Å². The molecule has 3 aliphatic rings. The number of fused-ring (bicyclic) bond motifs is 2. The fourth-order valence-electron chi connectivity index (χ4n) is 4.64. The molecular weight excluding hydrogens is 220 g/mol. The van der Waals surface area contributed by atoms with Crippen LogP contribution in [0.2, 0.25) is 0 Å². The molecule has 3 unspecified atom stereocenters. The van der Waals surface area contributed by atoms with Crippen LogP contribution in [0.25, 0.3) is 0 Å². The van der Waals surface area contributed by atoms with Gasteiger partial charge in [0.05, 0.1) is 0 Å². The van der Waals surface area contributed by atoms with Gasteiger partial charge in [0.25, 0.3) is 0 Å². The van der Waals surface area contributed by atoms with E-state index in [1.54, 1.807) is 0 Å². The lowest BCUT2D eigenvalue weighted by Gasteiger charge is -2.32. The van der Waals surface area contributed by atoms with Gasteiger partial charge in [0.15, 0.2) is 0 Å². The zero-order chi connectivity index (χ0) is 12.5. The molecule has 2 nitrogen and oxygen atoms in total. The first-order valence-corrected chi connectivity index (χ1v) is 8.22. The third-order valence-electron chi connectivity index (χ3n) is 5.58. The smallest absolute Gasteiger partial charge is 0.0119 e. The number of hydrogen-bond acceptors (Lipinski definition) is 2. The number of likely N-dealkylation sites (tertiary alicyclic amines) is 1. The summed E-state index contributed by atoms with van der Waals surface area (Å²) in [5, 5.41) is 3.76. The van der Waals surface area contributed by atoms with Gasteiger partial charge in [-0.25, -0.2) is 0 Å². The lowest BCUT2D eigenvalue weighted by Crippen LogP contribution is -2.40. The van der Waals surface area contributed by atoms with Crippen LogP contribution >= 0.6 is 0 Å². The summed E-state index contributed by atoms with van der Waals surface area (Å²) in [4.78, 5) is 2.79. The Morgan fingerprint density at radius 3 is 2.50 bits per heavy atom. The molecule has 0 aromatic heterocycles. The molecule has 3 rings (SSSR count). The minimum atomic E-state index is 0.844. The molecule has 0 aliphatic carbocycles. The molecule has 0 aromatic carbocycles. The van der Waals surface area contributed by atoms with Gasteiger partial charge in [-0.15, -0.1) is 0 Å². The molecule has 1 N–H and O–H groups in total. The molecule has 3 saturated heterocycles. The van der Waals surface area contributed by atoms with Gasteiger partial charge < -0.3 is 10.2 Å². The molecule has 2 bridgehead atoms. The average molecular weight is 250 g/mol. The van der Waals surface area contributed by atoms with Crippen molar-refractivity contribution in [2.45, 2.75) is 76.9 Å². The number of hydrogen-bond donors (Lipinski definition) is 1. The quantitative estimate of drug-likeness (QED) is 0.825. The summed E-state index contributed by atoms with van der Waals surface area (Å²) >= 11 is 0. The van der Waals surface area contributed by atoms with Crippen LogP contribution in [-0.4, -0.2) is 36.1 Å². The highest BCUT2D eigenvalue weighted by Crippen LogP contribution is 2.33. The van der Waals surface area contributed by atoms with Crippen LogP contribution in [0.5, 0.6) is 0 Å². The Morgan fingerprint density at radius 2 is 1.83 bits per heavy atom. The van der Waals surface area contributed by atoms with Gasteiger partial charge in [0, 0.05) is 18.1 Å². The molecule has 0 amide bonds. The van der Waals surface area contributed by atoms with E-state index in [-0.39, 0.29) is 0 Å². The van der Waals surface area contributed by atoms with Crippen molar-refractivity contribution in [2.75, 3.05) is 13.1 Å². The Bertz CT molecular complexity index is 264. The highest BCUT2D eigenvalue weighted by molar-refractivity contribution is 4.92. The monoisotopic (exact) mass is 250 g/mol. The Labute approximate surface area is 113 Å². The fraction of sp³-hybridized carbons (Fsp3) is 1.00. The lowest BCUT2D eigenvalue weighted by atomic mass is 9.89. The van der Waals surface area contributed by atoms with Gasteiger partial charge in [0.1, 0.15) is 0 Å². The predicted molar refractivity (Wildman–Crippen MR) is 76.7 cm³/mol. The molecule has 3 aliphatic heterocycles. The first kappa shape index (κ1) is 12.9. The van der Waals surface area contributed by atoms with Crippen LogP contribution in [0, 0.1) is 11.8 Å². The van der Waals surface area contributed by atoms with Crippen molar-refractivity contribution in [2.24, 2.45) is 11.8 Å². The van der Waals surface area contributed by atoms with E-state index in [9.17, 15) is 0 Å². The van der Waals surface area contributed by atoms with Crippen LogP contribution < -0.4 is 5.32 Å². The molecule has 3 fully saturated rings. The summed E-state index contributed by atoms with van der Waals surface area (Å²) in [5.41, 5.74) is 0. The maximum atomic E-state index is 3.76. The normalized spacial score (nSPS) is 40.8. The van der Waals surface area contributed by atoms with Crippen molar-refractivity contribution in [3.63, 3.8) is 0 Å². The molecule has 0 spiro atoms. The molecule has 3 atom stereocenters. The Morgan fingerprint density at radius 1 is 1.11 bits per heavy atom. The Balaban J connectivity index is 1.46. The molecular formula is C16H30N2. The molecule has 18 heavy (non-hydrogen) atoms. The number of piperidine rings is 1. The first-order chi connectivity index (χ1) is 8.72. The van der Waals surface area contributed by atoms with E-state index in [0.717, 1.165) is 30.0 Å². The topological polar surface area (TPSA) is 15.3 Å². The fourth-order valence-corrected chi connectivity index (χ4v) is 4.64. The molecule has 104 valence electrons. The summed E-state index contributed by atoms with van der Waals surface area (Å²) < 4.78 is 0.